The maximum absolute atomic E-state index is 11.9. The number of amides is 1. The zero-order chi connectivity index (χ0) is 16.7. The highest BCUT2D eigenvalue weighted by molar-refractivity contribution is 5.96. The Morgan fingerprint density at radius 1 is 1.00 bits per heavy atom. The molecule has 0 radical (unpaired) electrons. The van der Waals surface area contributed by atoms with Gasteiger partial charge in [-0.15, -0.1) is 0 Å². The molecule has 0 unspecified atom stereocenters. The summed E-state index contributed by atoms with van der Waals surface area (Å²) in [6, 6.07) is 17.0. The quantitative estimate of drug-likeness (QED) is 0.677. The number of hydrogen-bond acceptors (Lipinski definition) is 3. The Morgan fingerprint density at radius 2 is 1.61 bits per heavy atom. The summed E-state index contributed by atoms with van der Waals surface area (Å²) in [6.45, 7) is 3.57. The van der Waals surface area contributed by atoms with E-state index >= 15 is 0 Å². The third-order valence-electron chi connectivity index (χ3n) is 3.15. The van der Waals surface area contributed by atoms with Crippen molar-refractivity contribution in [3.8, 4) is 0 Å². The van der Waals surface area contributed by atoms with Gasteiger partial charge in [-0.05, 0) is 35.8 Å². The molecular formula is C19H19NO3. The highest BCUT2D eigenvalue weighted by Gasteiger charge is 2.08. The van der Waals surface area contributed by atoms with Crippen LogP contribution in [-0.2, 0) is 14.3 Å². The first-order chi connectivity index (χ1) is 11.1. The summed E-state index contributed by atoms with van der Waals surface area (Å²) < 4.78 is 5.02. The molecule has 4 nitrogen and oxygen atoms in total. The van der Waals surface area contributed by atoms with Crippen LogP contribution >= 0.6 is 0 Å². The zero-order valence-electron chi connectivity index (χ0n) is 13.2. The van der Waals surface area contributed by atoms with Crippen molar-refractivity contribution in [3.05, 3.63) is 71.8 Å². The van der Waals surface area contributed by atoms with Gasteiger partial charge in [0.2, 0.25) is 5.91 Å². The minimum absolute atomic E-state index is 0.122. The van der Waals surface area contributed by atoms with E-state index in [-0.39, 0.29) is 11.9 Å². The van der Waals surface area contributed by atoms with E-state index in [1.807, 2.05) is 42.5 Å². The largest absolute Gasteiger partial charge is 0.463 e. The lowest BCUT2D eigenvalue weighted by molar-refractivity contribution is -0.137. The van der Waals surface area contributed by atoms with Crippen LogP contribution in [0.3, 0.4) is 0 Å². The molecule has 1 N–H and O–H groups in total. The second kappa shape index (κ2) is 7.94. The minimum Gasteiger partial charge on any atom is -0.463 e. The monoisotopic (exact) mass is 309 g/mol. The lowest BCUT2D eigenvalue weighted by atomic mass is 9.97. The topological polar surface area (TPSA) is 55.4 Å². The van der Waals surface area contributed by atoms with Crippen LogP contribution < -0.4 is 5.32 Å². The zero-order valence-corrected chi connectivity index (χ0v) is 13.2. The van der Waals surface area contributed by atoms with E-state index in [0.29, 0.717) is 12.3 Å². The van der Waals surface area contributed by atoms with E-state index in [0.717, 1.165) is 16.7 Å². The molecule has 0 saturated heterocycles. The van der Waals surface area contributed by atoms with Crippen LogP contribution in [0.15, 0.2) is 60.7 Å². The molecule has 118 valence electrons. The minimum atomic E-state index is -0.378. The number of carbonyl (C=O) groups excluding carboxylic acids is 2. The summed E-state index contributed by atoms with van der Waals surface area (Å²) in [4.78, 5) is 22.9. The summed E-state index contributed by atoms with van der Waals surface area (Å²) in [5.41, 5.74) is 3.29. The number of ether oxygens (including phenoxy) is 1. The molecule has 0 fully saturated rings. The normalized spacial score (nSPS) is 11.0. The smallest absolute Gasteiger partial charge is 0.331 e. The number of benzene rings is 2. The average Bonchev–Trinajstić information content (AvgIpc) is 2.54. The number of hydrogen-bond donors (Lipinski definition) is 1. The van der Waals surface area contributed by atoms with Crippen LogP contribution in [0.4, 0.5) is 5.69 Å². The Bertz CT molecular complexity index is 703. The third-order valence-corrected chi connectivity index (χ3v) is 3.15. The van der Waals surface area contributed by atoms with Crippen molar-refractivity contribution >= 4 is 23.1 Å². The summed E-state index contributed by atoms with van der Waals surface area (Å²) in [5, 5.41) is 2.72. The first-order valence-corrected chi connectivity index (χ1v) is 7.42. The Morgan fingerprint density at radius 3 is 2.17 bits per heavy atom. The third kappa shape index (κ3) is 4.81. The first-order valence-electron chi connectivity index (χ1n) is 7.42. The maximum Gasteiger partial charge on any atom is 0.331 e. The van der Waals surface area contributed by atoms with Gasteiger partial charge in [0.1, 0.15) is 0 Å². The van der Waals surface area contributed by atoms with Crippen molar-refractivity contribution in [1.82, 2.24) is 0 Å². The van der Waals surface area contributed by atoms with E-state index in [4.69, 9.17) is 4.74 Å². The van der Waals surface area contributed by atoms with Gasteiger partial charge in [-0.2, -0.15) is 0 Å². The maximum atomic E-state index is 11.9. The lowest BCUT2D eigenvalue weighted by Crippen LogP contribution is -2.05. The summed E-state index contributed by atoms with van der Waals surface area (Å²) in [7, 11) is 0. The predicted octanol–water partition coefficient (Wildman–Crippen LogP) is 3.64. The Kier molecular flexibility index (Phi) is 5.69. The van der Waals surface area contributed by atoms with Crippen LogP contribution in [0.25, 0.3) is 5.57 Å². The number of esters is 1. The second-order valence-corrected chi connectivity index (χ2v) is 4.93. The molecule has 0 spiro atoms. The lowest BCUT2D eigenvalue weighted by Gasteiger charge is -2.10. The molecule has 4 heteroatoms. The number of nitrogens with one attached hydrogen (secondary N) is 1. The van der Waals surface area contributed by atoms with Gasteiger partial charge in [0.25, 0.3) is 0 Å². The standard InChI is InChI=1S/C19H19NO3/c1-3-23-19(22)13-18(15-7-5-4-6-8-15)16-9-11-17(12-10-16)20-14(2)21/h4-13H,3H2,1-2H3,(H,20,21)/b18-13-. The summed E-state index contributed by atoms with van der Waals surface area (Å²) in [5.74, 6) is -0.500. The van der Waals surface area contributed by atoms with Crippen molar-refractivity contribution in [2.45, 2.75) is 13.8 Å². The van der Waals surface area contributed by atoms with Crippen LogP contribution in [-0.4, -0.2) is 18.5 Å². The molecular weight excluding hydrogens is 290 g/mol. The highest BCUT2D eigenvalue weighted by atomic mass is 16.5. The van der Waals surface area contributed by atoms with Gasteiger partial charge in [0, 0.05) is 18.7 Å². The van der Waals surface area contributed by atoms with Crippen molar-refractivity contribution < 1.29 is 14.3 Å². The van der Waals surface area contributed by atoms with Gasteiger partial charge in [0.05, 0.1) is 6.61 Å². The van der Waals surface area contributed by atoms with Crippen LogP contribution in [0.2, 0.25) is 0 Å². The fourth-order valence-corrected chi connectivity index (χ4v) is 2.19. The van der Waals surface area contributed by atoms with Gasteiger partial charge >= 0.3 is 5.97 Å². The van der Waals surface area contributed by atoms with Gasteiger partial charge in [-0.1, -0.05) is 42.5 Å². The molecule has 2 aromatic carbocycles. The van der Waals surface area contributed by atoms with Crippen LogP contribution in [0, 0.1) is 0 Å². The van der Waals surface area contributed by atoms with Crippen LogP contribution in [0.5, 0.6) is 0 Å². The number of carbonyl (C=O) groups is 2. The van der Waals surface area contributed by atoms with Gasteiger partial charge in [-0.3, -0.25) is 4.79 Å². The van der Waals surface area contributed by atoms with Gasteiger partial charge in [-0.25, -0.2) is 4.79 Å². The molecule has 0 aliphatic heterocycles. The Hall–Kier alpha value is -2.88. The molecule has 0 aromatic heterocycles. The fraction of sp³-hybridized carbons (Fsp3) is 0.158. The molecule has 0 heterocycles. The van der Waals surface area contributed by atoms with E-state index in [2.05, 4.69) is 5.32 Å². The van der Waals surface area contributed by atoms with Crippen LogP contribution in [0.1, 0.15) is 25.0 Å². The Balaban J connectivity index is 2.37. The van der Waals surface area contributed by atoms with E-state index in [1.165, 1.54) is 13.0 Å². The molecule has 0 saturated carbocycles. The molecule has 2 aromatic rings. The van der Waals surface area contributed by atoms with E-state index in [1.54, 1.807) is 19.1 Å². The molecule has 0 atom stereocenters. The van der Waals surface area contributed by atoms with Crippen molar-refractivity contribution in [1.29, 1.82) is 0 Å². The van der Waals surface area contributed by atoms with Crippen molar-refractivity contribution in [3.63, 3.8) is 0 Å². The number of rotatable bonds is 5. The average molecular weight is 309 g/mol. The predicted molar refractivity (Wildman–Crippen MR) is 90.9 cm³/mol. The number of anilines is 1. The van der Waals surface area contributed by atoms with Crippen molar-refractivity contribution in [2.75, 3.05) is 11.9 Å². The molecule has 0 aliphatic rings. The second-order valence-electron chi connectivity index (χ2n) is 4.93. The fourth-order valence-electron chi connectivity index (χ4n) is 2.19. The first kappa shape index (κ1) is 16.5. The molecule has 0 bridgehead atoms. The summed E-state index contributed by atoms with van der Waals surface area (Å²) in [6.07, 6.45) is 1.49. The highest BCUT2D eigenvalue weighted by Crippen LogP contribution is 2.24. The van der Waals surface area contributed by atoms with Gasteiger partial charge < -0.3 is 10.1 Å². The molecule has 2 rings (SSSR count). The van der Waals surface area contributed by atoms with Gasteiger partial charge in [0.15, 0.2) is 0 Å². The summed E-state index contributed by atoms with van der Waals surface area (Å²) >= 11 is 0. The Labute approximate surface area is 135 Å². The molecule has 0 aliphatic carbocycles. The van der Waals surface area contributed by atoms with E-state index < -0.39 is 0 Å². The van der Waals surface area contributed by atoms with Crippen molar-refractivity contribution in [2.24, 2.45) is 0 Å². The molecule has 1 amide bonds. The SMILES string of the molecule is CCOC(=O)/C=C(/c1ccccc1)c1ccc(NC(C)=O)cc1. The molecule has 23 heavy (non-hydrogen) atoms. The van der Waals surface area contributed by atoms with E-state index in [9.17, 15) is 9.59 Å².